The molecule has 536 valence electrons. The summed E-state index contributed by atoms with van der Waals surface area (Å²) in [6, 6.07) is 23.7. The predicted molar refractivity (Wildman–Crippen MR) is 384 cm³/mol. The van der Waals surface area contributed by atoms with Gasteiger partial charge in [0.1, 0.15) is 40.3 Å². The van der Waals surface area contributed by atoms with Crippen molar-refractivity contribution in [3.05, 3.63) is 128 Å². The number of fused-ring (bicyclic) bond motifs is 2. The number of ether oxygens (including phenoxy) is 3. The lowest BCUT2D eigenvalue weighted by atomic mass is 9.96. The Hall–Kier alpha value is -9.11. The van der Waals surface area contributed by atoms with E-state index in [-0.39, 0.29) is 45.7 Å². The van der Waals surface area contributed by atoms with Gasteiger partial charge in [0.05, 0.1) is 55.6 Å². The molecule has 30 heteroatoms. The quantitative estimate of drug-likeness (QED) is 0.0408. The minimum atomic E-state index is -1.95. The van der Waals surface area contributed by atoms with Crippen LogP contribution in [0.25, 0.3) is 23.0 Å². The fraction of sp³-hybridized carbons (Fsp3) is 0.514. The van der Waals surface area contributed by atoms with E-state index in [1.54, 1.807) is 46.7 Å². The number of pyridine rings is 2. The standard InChI is InChI=1S/C32H46N8O4Si.C26H37N7O3Si.C12H14N2O4/c1-21-12-14-38(18-21)31(42)39-15-13-23-17-27(43-6)25(16-24(23)19-39)30(41)34-28-11-9-10-26(33-28)29-35-36-37-40(29)22(2)20-44-45(7,8)32(3,4)5;1-17(16-36-37(6,7)26(2,3)4)33-24(30-31-32-33)21-9-8-10-23(28-21)29-25(34)20-13-19-15-27-12-11-18(19)14-22(20)35-5;1-9-6-7-13(8-9)12(15)18-11-4-2-10(3-5-11)14(16)17/h9-11,16-17,21-22H,12-15,18-20H2,1-8H3,(H,33,34,41);8-10,13-14,17,27H,11-12,15-16H2,1-7H3,(H,28,29,34);2-5,9H,6-8H2,1H3/t21-,22-;17-;9-/m111/s1. The van der Waals surface area contributed by atoms with Crippen LogP contribution < -0.4 is 30.2 Å². The summed E-state index contributed by atoms with van der Waals surface area (Å²) in [5, 5.41) is 44.5. The van der Waals surface area contributed by atoms with Crippen LogP contribution in [0.4, 0.5) is 26.9 Å². The van der Waals surface area contributed by atoms with Crippen molar-refractivity contribution in [1.29, 1.82) is 0 Å². The summed E-state index contributed by atoms with van der Waals surface area (Å²) in [6.45, 7) is 37.2. The molecule has 0 unspecified atom stereocenters. The monoisotopic (exact) mass is 1410 g/mol. The van der Waals surface area contributed by atoms with Gasteiger partial charge in [-0.1, -0.05) is 67.5 Å². The van der Waals surface area contributed by atoms with Crippen LogP contribution in [0.3, 0.4) is 0 Å². The van der Waals surface area contributed by atoms with Crippen LogP contribution in [0.1, 0.15) is 137 Å². The fourth-order valence-electron chi connectivity index (χ4n) is 11.3. The van der Waals surface area contributed by atoms with E-state index in [4.69, 9.17) is 23.1 Å². The topological polar surface area (TPSA) is 316 Å². The molecule has 5 amide bonds. The number of benzene rings is 3. The molecular weight excluding hydrogens is 1310 g/mol. The van der Waals surface area contributed by atoms with E-state index in [1.807, 2.05) is 66.1 Å². The smallest absolute Gasteiger partial charge is 0.415 e. The number of nitro benzene ring substituents is 1. The van der Waals surface area contributed by atoms with Crippen LogP contribution in [-0.4, -0.2) is 177 Å². The molecule has 28 nitrogen and oxygen atoms in total. The average Bonchev–Trinajstić information content (AvgIpc) is 1.44. The Morgan fingerprint density at radius 3 is 1.58 bits per heavy atom. The van der Waals surface area contributed by atoms with Crippen LogP contribution in [-0.2, 0) is 34.8 Å². The van der Waals surface area contributed by atoms with Gasteiger partial charge in [-0.05, 0) is 198 Å². The molecule has 0 spiro atoms. The maximum Gasteiger partial charge on any atom is 0.415 e. The Balaban J connectivity index is 0.000000190. The van der Waals surface area contributed by atoms with Gasteiger partial charge < -0.3 is 53.7 Å². The highest BCUT2D eigenvalue weighted by atomic mass is 28.4. The van der Waals surface area contributed by atoms with Crippen LogP contribution in [0.15, 0.2) is 84.9 Å². The molecule has 8 heterocycles. The summed E-state index contributed by atoms with van der Waals surface area (Å²) < 4.78 is 32.5. The molecule has 0 bridgehead atoms. The number of nitrogens with one attached hydrogen (secondary N) is 3. The second kappa shape index (κ2) is 32.0. The number of likely N-dealkylation sites (tertiary alicyclic amines) is 2. The highest BCUT2D eigenvalue weighted by molar-refractivity contribution is 6.74. The number of amides is 5. The molecule has 0 aliphatic carbocycles. The van der Waals surface area contributed by atoms with E-state index in [0.717, 1.165) is 62.1 Å². The van der Waals surface area contributed by atoms with E-state index < -0.39 is 27.7 Å². The molecular formula is C70H97N17O11Si2. The van der Waals surface area contributed by atoms with Crippen molar-refractivity contribution in [2.45, 2.75) is 156 Å². The largest absolute Gasteiger partial charge is 0.496 e. The van der Waals surface area contributed by atoms with Crippen molar-refractivity contribution in [2.24, 2.45) is 11.8 Å². The van der Waals surface area contributed by atoms with Gasteiger partial charge in [0.25, 0.3) is 17.5 Å². The van der Waals surface area contributed by atoms with Crippen molar-refractivity contribution in [3.63, 3.8) is 0 Å². The molecule has 4 atom stereocenters. The summed E-state index contributed by atoms with van der Waals surface area (Å²) in [5.74, 6) is 3.49. The number of carbonyl (C=O) groups excluding carboxylic acids is 4. The number of nitrogens with zero attached hydrogens (tertiary/aromatic N) is 14. The number of tetrazole rings is 2. The van der Waals surface area contributed by atoms with Gasteiger partial charge >= 0.3 is 12.1 Å². The van der Waals surface area contributed by atoms with E-state index >= 15 is 0 Å². The molecule has 11 rings (SSSR count). The van der Waals surface area contributed by atoms with E-state index in [1.165, 1.54) is 29.8 Å². The number of anilines is 2. The third-order valence-electron chi connectivity index (χ3n) is 19.6. The SMILES string of the molecule is COc1cc2c(cc1C(=O)Nc1cccc(-c3nnnn3[C@H](C)CO[Si](C)(C)C(C)(C)C)n1)CN(C(=O)N1CC[C@@H](C)C1)CC2.COc1cc2c(cc1C(=O)Nc1cccc(-c3nnnn3[C@H](C)CO[Si](C)(C)C(C)(C)C)n1)CNCC2.C[C@@H]1CCN(C(=O)Oc2ccc([N+](=O)[O-])cc2)C1. The Kier molecular flexibility index (Phi) is 24.1. The van der Waals surface area contributed by atoms with Gasteiger partial charge in [0.15, 0.2) is 16.6 Å². The summed E-state index contributed by atoms with van der Waals surface area (Å²) in [4.78, 5) is 76.5. The zero-order valence-corrected chi connectivity index (χ0v) is 62.5. The van der Waals surface area contributed by atoms with Crippen LogP contribution in [0.5, 0.6) is 17.2 Å². The van der Waals surface area contributed by atoms with Gasteiger partial charge in [0, 0.05) is 57.9 Å². The van der Waals surface area contributed by atoms with Crippen molar-refractivity contribution in [1.82, 2.24) is 70.4 Å². The summed E-state index contributed by atoms with van der Waals surface area (Å²) in [6.07, 6.45) is 3.24. The third kappa shape index (κ3) is 18.5. The molecule has 7 aromatic rings. The van der Waals surface area contributed by atoms with Crippen molar-refractivity contribution >= 4 is 57.9 Å². The lowest BCUT2D eigenvalue weighted by molar-refractivity contribution is -0.384. The van der Waals surface area contributed by atoms with E-state index in [0.29, 0.717) is 121 Å². The van der Waals surface area contributed by atoms with Crippen molar-refractivity contribution < 1.29 is 47.2 Å². The maximum absolute atomic E-state index is 13.6. The number of nitro groups is 1. The zero-order valence-electron chi connectivity index (χ0n) is 60.5. The molecule has 4 aromatic heterocycles. The number of methoxy groups -OCH3 is 2. The molecule has 100 heavy (non-hydrogen) atoms. The Bertz CT molecular complexity index is 4040. The minimum Gasteiger partial charge on any atom is -0.496 e. The highest BCUT2D eigenvalue weighted by Crippen LogP contribution is 2.39. The van der Waals surface area contributed by atoms with Crippen LogP contribution >= 0.6 is 0 Å². The fourth-order valence-corrected chi connectivity index (χ4v) is 13.5. The lowest BCUT2D eigenvalue weighted by Gasteiger charge is -2.36. The molecule has 0 radical (unpaired) electrons. The van der Waals surface area contributed by atoms with Gasteiger partial charge in [-0.25, -0.2) is 28.9 Å². The molecule has 4 aliphatic heterocycles. The first-order valence-electron chi connectivity index (χ1n) is 34.1. The lowest BCUT2D eigenvalue weighted by Crippen LogP contribution is -2.44. The minimum absolute atomic E-state index is 0.0235. The van der Waals surface area contributed by atoms with Crippen LogP contribution in [0.2, 0.25) is 36.3 Å². The molecule has 2 fully saturated rings. The number of aromatic nitrogens is 10. The Morgan fingerprint density at radius 2 is 1.12 bits per heavy atom. The summed E-state index contributed by atoms with van der Waals surface area (Å²) in [7, 11) is -0.728. The number of non-ortho nitro benzene ring substituents is 1. The number of carbonyl (C=O) groups is 4. The van der Waals surface area contributed by atoms with Gasteiger partial charge in [0.2, 0.25) is 11.6 Å². The van der Waals surface area contributed by atoms with Crippen molar-refractivity contribution in [3.8, 4) is 40.3 Å². The number of hydrogen-bond donors (Lipinski definition) is 3. The van der Waals surface area contributed by atoms with Crippen LogP contribution in [0, 0.1) is 22.0 Å². The second-order valence-corrected chi connectivity index (χ2v) is 38.9. The maximum atomic E-state index is 13.6. The van der Waals surface area contributed by atoms with Gasteiger partial charge in [-0.2, -0.15) is 0 Å². The summed E-state index contributed by atoms with van der Waals surface area (Å²) >= 11 is 0. The molecule has 3 N–H and O–H groups in total. The number of urea groups is 1. The van der Waals surface area contributed by atoms with E-state index in [9.17, 15) is 29.3 Å². The second-order valence-electron chi connectivity index (χ2n) is 29.3. The first kappa shape index (κ1) is 75.1. The first-order chi connectivity index (χ1) is 47.3. The number of rotatable bonds is 18. The average molecular weight is 1410 g/mol. The Morgan fingerprint density at radius 1 is 0.640 bits per heavy atom. The highest BCUT2D eigenvalue weighted by Gasteiger charge is 2.39. The predicted octanol–water partition coefficient (Wildman–Crippen LogP) is 12.1. The zero-order chi connectivity index (χ0) is 72.4. The van der Waals surface area contributed by atoms with Crippen molar-refractivity contribution in [2.75, 3.05) is 77.3 Å². The normalized spacial score (nSPS) is 16.7. The van der Waals surface area contributed by atoms with Gasteiger partial charge in [-0.3, -0.25) is 19.7 Å². The molecule has 0 saturated carbocycles. The summed E-state index contributed by atoms with van der Waals surface area (Å²) in [5.41, 5.74) is 6.25. The third-order valence-corrected chi connectivity index (χ3v) is 28.6. The Labute approximate surface area is 587 Å². The molecule has 3 aromatic carbocycles. The number of hydrogen-bond acceptors (Lipinski definition) is 20. The van der Waals surface area contributed by atoms with E-state index in [2.05, 4.69) is 139 Å². The first-order valence-corrected chi connectivity index (χ1v) is 39.9. The molecule has 2 saturated heterocycles. The van der Waals surface area contributed by atoms with Gasteiger partial charge in [-0.15, -0.1) is 10.2 Å². The molecule has 4 aliphatic rings.